The maximum atomic E-state index is 2.64. The maximum absolute atomic E-state index is 2.64. The molecule has 2 fully saturated rings. The fraction of sp³-hybridized carbons (Fsp3) is 1.00. The van der Waals surface area contributed by atoms with Gasteiger partial charge in [0.2, 0.25) is 0 Å². The average molecular weight is 167 g/mol. The van der Waals surface area contributed by atoms with E-state index in [1.165, 1.54) is 45.1 Å². The molecule has 0 bridgehead atoms. The highest BCUT2D eigenvalue weighted by Crippen LogP contribution is 2.43. The summed E-state index contributed by atoms with van der Waals surface area (Å²) in [6, 6.07) is 0. The van der Waals surface area contributed by atoms with Crippen LogP contribution in [-0.2, 0) is 0 Å². The molecule has 2 rings (SSSR count). The molecule has 1 aliphatic heterocycles. The second-order valence-corrected chi connectivity index (χ2v) is 4.95. The van der Waals surface area contributed by atoms with Crippen molar-refractivity contribution in [3.8, 4) is 0 Å². The molecule has 0 aromatic heterocycles. The van der Waals surface area contributed by atoms with E-state index in [0.29, 0.717) is 5.54 Å². The Morgan fingerprint density at radius 1 is 1.25 bits per heavy atom. The van der Waals surface area contributed by atoms with Crippen LogP contribution in [0.3, 0.4) is 0 Å². The molecule has 1 saturated heterocycles. The van der Waals surface area contributed by atoms with Gasteiger partial charge in [-0.15, -0.1) is 0 Å². The number of rotatable bonds is 0. The van der Waals surface area contributed by atoms with Gasteiger partial charge in [0.05, 0.1) is 0 Å². The van der Waals surface area contributed by atoms with Crippen molar-refractivity contribution in [1.82, 2.24) is 4.90 Å². The summed E-state index contributed by atoms with van der Waals surface area (Å²) in [5, 5.41) is 0. The molecular formula is C11H21N. The highest BCUT2D eigenvalue weighted by atomic mass is 15.2. The Balaban J connectivity index is 2.07. The molecule has 2 unspecified atom stereocenters. The maximum Gasteiger partial charge on any atom is 0.0209 e. The third-order valence-corrected chi connectivity index (χ3v) is 4.03. The molecule has 2 aliphatic rings. The SMILES string of the molecule is CC1CCC2(CCCCN2C)C1. The molecule has 2 atom stereocenters. The van der Waals surface area contributed by atoms with Crippen LogP contribution in [0, 0.1) is 5.92 Å². The van der Waals surface area contributed by atoms with Crippen LogP contribution in [0.1, 0.15) is 45.4 Å². The Morgan fingerprint density at radius 2 is 2.08 bits per heavy atom. The summed E-state index contributed by atoms with van der Waals surface area (Å²) in [5.41, 5.74) is 0.637. The summed E-state index contributed by atoms with van der Waals surface area (Å²) in [4.78, 5) is 2.64. The lowest BCUT2D eigenvalue weighted by Gasteiger charge is -2.43. The van der Waals surface area contributed by atoms with Crippen molar-refractivity contribution in [3.05, 3.63) is 0 Å². The highest BCUT2D eigenvalue weighted by Gasteiger charge is 2.41. The molecule has 0 aromatic rings. The highest BCUT2D eigenvalue weighted by molar-refractivity contribution is 4.97. The molecule has 1 aliphatic carbocycles. The Labute approximate surface area is 76.1 Å². The number of hydrogen-bond donors (Lipinski definition) is 0. The third-order valence-electron chi connectivity index (χ3n) is 4.03. The molecule has 12 heavy (non-hydrogen) atoms. The molecule has 1 saturated carbocycles. The van der Waals surface area contributed by atoms with Gasteiger partial charge in [-0.3, -0.25) is 0 Å². The largest absolute Gasteiger partial charge is 0.301 e. The van der Waals surface area contributed by atoms with Gasteiger partial charge in [-0.2, -0.15) is 0 Å². The van der Waals surface area contributed by atoms with E-state index in [1.54, 1.807) is 0 Å². The Bertz CT molecular complexity index is 162. The second kappa shape index (κ2) is 3.02. The molecule has 0 aromatic carbocycles. The zero-order valence-corrected chi connectivity index (χ0v) is 8.47. The molecule has 1 heterocycles. The minimum atomic E-state index is 0.637. The number of hydrogen-bond acceptors (Lipinski definition) is 1. The van der Waals surface area contributed by atoms with Gasteiger partial charge in [-0.25, -0.2) is 0 Å². The van der Waals surface area contributed by atoms with Crippen molar-refractivity contribution in [2.45, 2.75) is 51.0 Å². The van der Waals surface area contributed by atoms with Gasteiger partial charge in [-0.1, -0.05) is 13.3 Å². The van der Waals surface area contributed by atoms with Gasteiger partial charge in [-0.05, 0) is 51.6 Å². The van der Waals surface area contributed by atoms with E-state index in [1.807, 2.05) is 0 Å². The van der Waals surface area contributed by atoms with Gasteiger partial charge in [0, 0.05) is 5.54 Å². The Hall–Kier alpha value is -0.0400. The summed E-state index contributed by atoms with van der Waals surface area (Å²) in [6.45, 7) is 3.75. The van der Waals surface area contributed by atoms with Crippen LogP contribution >= 0.6 is 0 Å². The molecule has 1 spiro atoms. The van der Waals surface area contributed by atoms with Crippen LogP contribution in [0.4, 0.5) is 0 Å². The normalized spacial score (nSPS) is 44.0. The van der Waals surface area contributed by atoms with E-state index in [2.05, 4.69) is 18.9 Å². The first-order valence-electron chi connectivity index (χ1n) is 5.44. The summed E-state index contributed by atoms with van der Waals surface area (Å²) >= 11 is 0. The fourth-order valence-corrected chi connectivity index (χ4v) is 3.17. The van der Waals surface area contributed by atoms with Crippen LogP contribution < -0.4 is 0 Å². The third kappa shape index (κ3) is 1.28. The Kier molecular flexibility index (Phi) is 2.16. The van der Waals surface area contributed by atoms with Crippen molar-refractivity contribution in [2.75, 3.05) is 13.6 Å². The lowest BCUT2D eigenvalue weighted by Crippen LogP contribution is -2.47. The standard InChI is InChI=1S/C11H21N/c1-10-5-7-11(9-10)6-3-4-8-12(11)2/h10H,3-9H2,1-2H3. The summed E-state index contributed by atoms with van der Waals surface area (Å²) in [5.74, 6) is 0.977. The molecule has 0 N–H and O–H groups in total. The van der Waals surface area contributed by atoms with Crippen molar-refractivity contribution >= 4 is 0 Å². The smallest absolute Gasteiger partial charge is 0.0209 e. The lowest BCUT2D eigenvalue weighted by atomic mass is 9.85. The van der Waals surface area contributed by atoms with E-state index in [9.17, 15) is 0 Å². The monoisotopic (exact) mass is 167 g/mol. The molecule has 70 valence electrons. The second-order valence-electron chi connectivity index (χ2n) is 4.95. The van der Waals surface area contributed by atoms with Crippen LogP contribution in [0.2, 0.25) is 0 Å². The lowest BCUT2D eigenvalue weighted by molar-refractivity contribution is 0.0758. The number of likely N-dealkylation sites (tertiary alicyclic amines) is 1. The summed E-state index contributed by atoms with van der Waals surface area (Å²) < 4.78 is 0. The average Bonchev–Trinajstić information content (AvgIpc) is 2.41. The van der Waals surface area contributed by atoms with Crippen LogP contribution in [0.25, 0.3) is 0 Å². The van der Waals surface area contributed by atoms with Crippen molar-refractivity contribution in [3.63, 3.8) is 0 Å². The summed E-state index contributed by atoms with van der Waals surface area (Å²) in [7, 11) is 2.33. The fourth-order valence-electron chi connectivity index (χ4n) is 3.17. The first kappa shape index (κ1) is 8.55. The van der Waals surface area contributed by atoms with Gasteiger partial charge in [0.1, 0.15) is 0 Å². The predicted octanol–water partition coefficient (Wildman–Crippen LogP) is 2.66. The van der Waals surface area contributed by atoms with E-state index in [-0.39, 0.29) is 0 Å². The zero-order valence-electron chi connectivity index (χ0n) is 8.47. The predicted molar refractivity (Wildman–Crippen MR) is 52.2 cm³/mol. The first-order valence-corrected chi connectivity index (χ1v) is 5.44. The van der Waals surface area contributed by atoms with E-state index >= 15 is 0 Å². The van der Waals surface area contributed by atoms with Gasteiger partial charge >= 0.3 is 0 Å². The molecule has 0 amide bonds. The number of nitrogens with zero attached hydrogens (tertiary/aromatic N) is 1. The molecule has 0 radical (unpaired) electrons. The molecular weight excluding hydrogens is 146 g/mol. The van der Waals surface area contributed by atoms with E-state index in [0.717, 1.165) is 5.92 Å². The minimum absolute atomic E-state index is 0.637. The topological polar surface area (TPSA) is 3.24 Å². The number of piperidine rings is 1. The molecule has 1 nitrogen and oxygen atoms in total. The van der Waals surface area contributed by atoms with Crippen LogP contribution in [0.15, 0.2) is 0 Å². The Morgan fingerprint density at radius 3 is 2.67 bits per heavy atom. The summed E-state index contributed by atoms with van der Waals surface area (Å²) in [6.07, 6.45) is 8.75. The van der Waals surface area contributed by atoms with E-state index in [4.69, 9.17) is 0 Å². The van der Waals surface area contributed by atoms with Gasteiger partial charge in [0.25, 0.3) is 0 Å². The quantitative estimate of drug-likeness (QED) is 0.536. The van der Waals surface area contributed by atoms with Gasteiger partial charge in [0.15, 0.2) is 0 Å². The minimum Gasteiger partial charge on any atom is -0.301 e. The van der Waals surface area contributed by atoms with Crippen molar-refractivity contribution < 1.29 is 0 Å². The first-order chi connectivity index (χ1) is 5.73. The van der Waals surface area contributed by atoms with Crippen LogP contribution in [-0.4, -0.2) is 24.0 Å². The van der Waals surface area contributed by atoms with Crippen molar-refractivity contribution in [1.29, 1.82) is 0 Å². The van der Waals surface area contributed by atoms with Gasteiger partial charge < -0.3 is 4.90 Å². The van der Waals surface area contributed by atoms with Crippen LogP contribution in [0.5, 0.6) is 0 Å². The zero-order chi connectivity index (χ0) is 8.60. The van der Waals surface area contributed by atoms with Crippen molar-refractivity contribution in [2.24, 2.45) is 5.92 Å². The van der Waals surface area contributed by atoms with E-state index < -0.39 is 0 Å². The molecule has 1 heteroatoms.